The predicted octanol–water partition coefficient (Wildman–Crippen LogP) is 4.29. The van der Waals surface area contributed by atoms with E-state index in [9.17, 15) is 0 Å². The standard InChI is InChI=1S/C13H21/c1-3-5-6-8-13-10-7-9-12(4-2)11-13/h4,7,9,11,13H,3,5-6,8,10H2,1-2H3/q+1. The van der Waals surface area contributed by atoms with Gasteiger partial charge in [-0.15, -0.1) is 0 Å². The molecule has 0 fully saturated rings. The zero-order valence-electron chi connectivity index (χ0n) is 8.92. The molecule has 0 aromatic carbocycles. The van der Waals surface area contributed by atoms with Crippen LogP contribution in [0, 0.1) is 12.3 Å². The van der Waals surface area contributed by atoms with E-state index < -0.39 is 0 Å². The van der Waals surface area contributed by atoms with Crippen LogP contribution in [0.4, 0.5) is 0 Å². The predicted molar refractivity (Wildman–Crippen MR) is 59.4 cm³/mol. The summed E-state index contributed by atoms with van der Waals surface area (Å²) >= 11 is 0. The van der Waals surface area contributed by atoms with Crippen molar-refractivity contribution < 1.29 is 0 Å². The number of hydrogen-bond donors (Lipinski definition) is 0. The highest BCUT2D eigenvalue weighted by Crippen LogP contribution is 2.23. The van der Waals surface area contributed by atoms with Gasteiger partial charge < -0.3 is 0 Å². The lowest BCUT2D eigenvalue weighted by Crippen LogP contribution is -2.00. The van der Waals surface area contributed by atoms with Crippen LogP contribution < -0.4 is 0 Å². The Morgan fingerprint density at radius 1 is 1.46 bits per heavy atom. The maximum atomic E-state index is 2.43. The van der Waals surface area contributed by atoms with Gasteiger partial charge >= 0.3 is 0 Å². The van der Waals surface area contributed by atoms with Crippen LogP contribution in [0.3, 0.4) is 0 Å². The first-order valence-corrected chi connectivity index (χ1v) is 5.54. The molecular weight excluding hydrogens is 156 g/mol. The molecular formula is C13H21+. The summed E-state index contributed by atoms with van der Waals surface area (Å²) in [6, 6.07) is 0. The number of allylic oxidation sites excluding steroid dienone is 4. The van der Waals surface area contributed by atoms with Crippen LogP contribution in [0.1, 0.15) is 46.0 Å². The van der Waals surface area contributed by atoms with E-state index in [-0.39, 0.29) is 0 Å². The SMILES string of the molecule is C[CH+]C1=CC(CCCCC)CC=C1. The molecule has 1 aliphatic carbocycles. The largest absolute Gasteiger partial charge is 0.124 e. The van der Waals surface area contributed by atoms with E-state index in [2.05, 4.69) is 38.5 Å². The molecule has 0 aromatic heterocycles. The van der Waals surface area contributed by atoms with Gasteiger partial charge in [0.1, 0.15) is 5.57 Å². The Hall–Kier alpha value is -0.650. The van der Waals surface area contributed by atoms with Crippen molar-refractivity contribution in [1.29, 1.82) is 0 Å². The van der Waals surface area contributed by atoms with Crippen LogP contribution in [0.5, 0.6) is 0 Å². The molecule has 0 heteroatoms. The fraction of sp³-hybridized carbons (Fsp3) is 0.615. The smallest absolute Gasteiger partial charge is 0.0654 e. The normalized spacial score (nSPS) is 21.4. The number of rotatable bonds is 5. The van der Waals surface area contributed by atoms with Crippen molar-refractivity contribution in [3.63, 3.8) is 0 Å². The Bertz CT molecular complexity index is 186. The van der Waals surface area contributed by atoms with E-state index in [1.54, 1.807) is 0 Å². The van der Waals surface area contributed by atoms with E-state index in [1.807, 2.05) is 0 Å². The van der Waals surface area contributed by atoms with Crippen LogP contribution >= 0.6 is 0 Å². The average Bonchev–Trinajstić information content (AvgIpc) is 2.19. The molecule has 0 saturated heterocycles. The van der Waals surface area contributed by atoms with Crippen LogP contribution in [-0.2, 0) is 0 Å². The summed E-state index contributed by atoms with van der Waals surface area (Å²) in [5, 5.41) is 0. The second-order valence-corrected chi connectivity index (χ2v) is 3.85. The van der Waals surface area contributed by atoms with Crippen LogP contribution in [-0.4, -0.2) is 0 Å². The molecule has 1 atom stereocenters. The Morgan fingerprint density at radius 3 is 3.00 bits per heavy atom. The average molecular weight is 177 g/mol. The van der Waals surface area contributed by atoms with Gasteiger partial charge in [0.2, 0.25) is 0 Å². The van der Waals surface area contributed by atoms with E-state index in [0.717, 1.165) is 5.92 Å². The third kappa shape index (κ3) is 3.71. The lowest BCUT2D eigenvalue weighted by Gasteiger charge is -2.10. The molecule has 13 heavy (non-hydrogen) atoms. The summed E-state index contributed by atoms with van der Waals surface area (Å²) in [6.45, 7) is 4.38. The molecule has 1 aliphatic rings. The van der Waals surface area contributed by atoms with Gasteiger partial charge in [0, 0.05) is 31.4 Å². The third-order valence-corrected chi connectivity index (χ3v) is 2.69. The van der Waals surface area contributed by atoms with Gasteiger partial charge in [-0.25, -0.2) is 0 Å². The molecule has 0 N–H and O–H groups in total. The quantitative estimate of drug-likeness (QED) is 0.434. The molecule has 0 amide bonds. The molecule has 0 aliphatic heterocycles. The lowest BCUT2D eigenvalue weighted by molar-refractivity contribution is 0.540. The van der Waals surface area contributed by atoms with Crippen LogP contribution in [0.2, 0.25) is 0 Å². The lowest BCUT2D eigenvalue weighted by atomic mass is 9.91. The van der Waals surface area contributed by atoms with E-state index in [4.69, 9.17) is 0 Å². The maximum absolute atomic E-state index is 2.43. The molecule has 1 unspecified atom stereocenters. The highest BCUT2D eigenvalue weighted by atomic mass is 14.1. The van der Waals surface area contributed by atoms with Gasteiger partial charge in [-0.1, -0.05) is 26.2 Å². The summed E-state index contributed by atoms with van der Waals surface area (Å²) in [7, 11) is 0. The van der Waals surface area contributed by atoms with Gasteiger partial charge in [0.25, 0.3) is 0 Å². The Labute approximate surface area is 82.7 Å². The topological polar surface area (TPSA) is 0 Å². The van der Waals surface area contributed by atoms with Gasteiger partial charge in [-0.2, -0.15) is 0 Å². The minimum absolute atomic E-state index is 0.808. The molecule has 0 radical (unpaired) electrons. The monoisotopic (exact) mass is 177 g/mol. The molecule has 0 heterocycles. The first-order chi connectivity index (χ1) is 6.36. The Morgan fingerprint density at radius 2 is 2.31 bits per heavy atom. The highest BCUT2D eigenvalue weighted by Gasteiger charge is 2.13. The van der Waals surface area contributed by atoms with Crippen LogP contribution in [0.15, 0.2) is 23.8 Å². The summed E-state index contributed by atoms with van der Waals surface area (Å²) in [4.78, 5) is 0. The van der Waals surface area contributed by atoms with Gasteiger partial charge in [-0.3, -0.25) is 0 Å². The first-order valence-electron chi connectivity index (χ1n) is 5.54. The first kappa shape index (κ1) is 10.4. The van der Waals surface area contributed by atoms with E-state index in [0.29, 0.717) is 0 Å². The molecule has 0 aromatic rings. The molecule has 1 rings (SSSR count). The molecule has 0 spiro atoms. The molecule has 0 nitrogen and oxygen atoms in total. The van der Waals surface area contributed by atoms with Crippen molar-refractivity contribution in [2.45, 2.75) is 46.0 Å². The number of unbranched alkanes of at least 4 members (excludes halogenated alkanes) is 2. The zero-order chi connectivity index (χ0) is 9.52. The van der Waals surface area contributed by atoms with Crippen molar-refractivity contribution in [3.8, 4) is 0 Å². The van der Waals surface area contributed by atoms with Gasteiger partial charge in [0.05, 0.1) is 0 Å². The second kappa shape index (κ2) is 5.90. The Kier molecular flexibility index (Phi) is 4.74. The second-order valence-electron chi connectivity index (χ2n) is 3.85. The molecule has 0 bridgehead atoms. The van der Waals surface area contributed by atoms with Gasteiger partial charge in [0.15, 0.2) is 0 Å². The summed E-state index contributed by atoms with van der Waals surface area (Å²) < 4.78 is 0. The van der Waals surface area contributed by atoms with Crippen molar-refractivity contribution in [2.75, 3.05) is 0 Å². The van der Waals surface area contributed by atoms with Crippen molar-refractivity contribution in [3.05, 3.63) is 30.2 Å². The minimum atomic E-state index is 0.808. The third-order valence-electron chi connectivity index (χ3n) is 2.69. The minimum Gasteiger partial charge on any atom is -0.0654 e. The fourth-order valence-electron chi connectivity index (χ4n) is 1.82. The van der Waals surface area contributed by atoms with Gasteiger partial charge in [-0.05, 0) is 18.9 Å². The van der Waals surface area contributed by atoms with Crippen molar-refractivity contribution >= 4 is 0 Å². The van der Waals surface area contributed by atoms with Crippen LogP contribution in [0.25, 0.3) is 0 Å². The summed E-state index contributed by atoms with van der Waals surface area (Å²) in [5.74, 6) is 0.808. The fourth-order valence-corrected chi connectivity index (χ4v) is 1.82. The maximum Gasteiger partial charge on any atom is 0.124 e. The van der Waals surface area contributed by atoms with E-state index >= 15 is 0 Å². The number of hydrogen-bond acceptors (Lipinski definition) is 0. The van der Waals surface area contributed by atoms with Crippen molar-refractivity contribution in [2.24, 2.45) is 5.92 Å². The summed E-state index contributed by atoms with van der Waals surface area (Å²) in [6.07, 6.45) is 15.9. The summed E-state index contributed by atoms with van der Waals surface area (Å²) in [5.41, 5.74) is 1.41. The zero-order valence-corrected chi connectivity index (χ0v) is 8.92. The molecule has 72 valence electrons. The highest BCUT2D eigenvalue weighted by molar-refractivity contribution is 5.29. The molecule has 0 saturated carbocycles. The van der Waals surface area contributed by atoms with E-state index in [1.165, 1.54) is 37.7 Å². The van der Waals surface area contributed by atoms with Crippen molar-refractivity contribution in [1.82, 2.24) is 0 Å². The Balaban J connectivity index is 2.27.